The summed E-state index contributed by atoms with van der Waals surface area (Å²) in [6, 6.07) is 0. The molecule has 0 aromatic heterocycles. The van der Waals surface area contributed by atoms with E-state index in [1.165, 1.54) is 28.7 Å². The van der Waals surface area contributed by atoms with E-state index >= 15 is 0 Å². The molecule has 0 fully saturated rings. The number of rotatable bonds is 10. The first-order chi connectivity index (χ1) is 10.4. The van der Waals surface area contributed by atoms with Crippen LogP contribution in [0.1, 0.15) is 80.1 Å². The van der Waals surface area contributed by atoms with E-state index in [1.54, 1.807) is 0 Å². The van der Waals surface area contributed by atoms with Crippen molar-refractivity contribution in [1.29, 1.82) is 0 Å². The summed E-state index contributed by atoms with van der Waals surface area (Å²) in [6.07, 6.45) is 13.8. The highest BCUT2D eigenvalue weighted by atomic mass is 16.3. The second-order valence-electron chi connectivity index (χ2n) is 6.72. The molecule has 0 radical (unpaired) electrons. The average Bonchev–Trinajstić information content (AvgIpc) is 2.45. The van der Waals surface area contributed by atoms with E-state index in [-0.39, 0.29) is 6.61 Å². The number of aliphatic hydroxyl groups excluding tert-OH is 1. The molecule has 0 spiro atoms. The Bertz CT molecular complexity index is 429. The molecule has 126 valence electrons. The van der Waals surface area contributed by atoms with Gasteiger partial charge in [-0.05, 0) is 85.6 Å². The minimum absolute atomic E-state index is 0.186. The van der Waals surface area contributed by atoms with Crippen LogP contribution in [0.15, 0.2) is 46.1 Å². The van der Waals surface area contributed by atoms with Crippen LogP contribution in [-0.4, -0.2) is 11.7 Å². The lowest BCUT2D eigenvalue weighted by molar-refractivity contribution is 0.329. The molecule has 0 aromatic rings. The lowest BCUT2D eigenvalue weighted by Gasteiger charge is -2.04. The Kier molecular flexibility index (Phi) is 11.9. The normalized spacial score (nSPS) is 14.0. The lowest BCUT2D eigenvalue weighted by atomic mass is 10.0. The number of aliphatic hydroxyl groups is 1. The summed E-state index contributed by atoms with van der Waals surface area (Å²) >= 11 is 0. The SMILES string of the molecule is CC(C)=CCC/C(C)=C/CC/C(C)=C/CC/C(C)=C(/C)CO. The van der Waals surface area contributed by atoms with E-state index in [4.69, 9.17) is 5.11 Å². The van der Waals surface area contributed by atoms with Crippen molar-refractivity contribution < 1.29 is 5.11 Å². The van der Waals surface area contributed by atoms with E-state index in [9.17, 15) is 0 Å². The van der Waals surface area contributed by atoms with Gasteiger partial charge in [0.25, 0.3) is 0 Å². The standard InChI is InChI=1S/C21H36O/c1-17(2)10-7-11-18(3)12-8-13-19(4)14-9-15-20(5)21(6)16-22/h10,12,14,22H,7-9,11,13,15-16H2,1-6H3/b18-12+,19-14+,21-20-. The molecule has 0 rings (SSSR count). The molecule has 0 saturated carbocycles. The summed E-state index contributed by atoms with van der Waals surface area (Å²) in [6.45, 7) is 13.1. The molecule has 1 heteroatoms. The third-order valence-corrected chi connectivity index (χ3v) is 4.10. The molecule has 22 heavy (non-hydrogen) atoms. The van der Waals surface area contributed by atoms with Gasteiger partial charge in [-0.25, -0.2) is 0 Å². The summed E-state index contributed by atoms with van der Waals surface area (Å²) < 4.78 is 0. The minimum Gasteiger partial charge on any atom is -0.392 e. The van der Waals surface area contributed by atoms with Gasteiger partial charge in [0.05, 0.1) is 6.61 Å². The molecule has 0 aliphatic heterocycles. The lowest BCUT2D eigenvalue weighted by Crippen LogP contribution is -1.90. The Morgan fingerprint density at radius 1 is 0.636 bits per heavy atom. The first-order valence-corrected chi connectivity index (χ1v) is 8.57. The second kappa shape index (κ2) is 12.5. The summed E-state index contributed by atoms with van der Waals surface area (Å²) in [7, 11) is 0. The fraction of sp³-hybridized carbons (Fsp3) is 0.619. The molecule has 0 heterocycles. The van der Waals surface area contributed by atoms with Gasteiger partial charge in [0.2, 0.25) is 0 Å². The van der Waals surface area contributed by atoms with Crippen molar-refractivity contribution in [3.63, 3.8) is 0 Å². The zero-order valence-electron chi connectivity index (χ0n) is 15.6. The summed E-state index contributed by atoms with van der Waals surface area (Å²) in [5.41, 5.74) is 6.82. The van der Waals surface area contributed by atoms with Crippen molar-refractivity contribution in [2.75, 3.05) is 6.61 Å². The smallest absolute Gasteiger partial charge is 0.0641 e. The van der Waals surface area contributed by atoms with Crippen molar-refractivity contribution in [2.45, 2.75) is 80.1 Å². The van der Waals surface area contributed by atoms with Gasteiger partial charge in [-0.3, -0.25) is 0 Å². The van der Waals surface area contributed by atoms with Crippen LogP contribution >= 0.6 is 0 Å². The highest BCUT2D eigenvalue weighted by Gasteiger charge is 1.96. The fourth-order valence-corrected chi connectivity index (χ4v) is 2.22. The van der Waals surface area contributed by atoms with Crippen LogP contribution in [0.2, 0.25) is 0 Å². The van der Waals surface area contributed by atoms with Crippen LogP contribution in [0, 0.1) is 0 Å². The van der Waals surface area contributed by atoms with Crippen molar-refractivity contribution >= 4 is 0 Å². The maximum atomic E-state index is 9.09. The second-order valence-corrected chi connectivity index (χ2v) is 6.72. The van der Waals surface area contributed by atoms with Gasteiger partial charge in [-0.15, -0.1) is 0 Å². The first-order valence-electron chi connectivity index (χ1n) is 8.57. The highest BCUT2D eigenvalue weighted by molar-refractivity contribution is 5.11. The predicted molar refractivity (Wildman–Crippen MR) is 100 cm³/mol. The van der Waals surface area contributed by atoms with Crippen LogP contribution in [0.25, 0.3) is 0 Å². The Morgan fingerprint density at radius 3 is 1.55 bits per heavy atom. The Morgan fingerprint density at radius 2 is 1.09 bits per heavy atom. The zero-order chi connectivity index (χ0) is 17.0. The molecule has 0 aliphatic carbocycles. The van der Waals surface area contributed by atoms with Gasteiger partial charge in [0.15, 0.2) is 0 Å². The maximum absolute atomic E-state index is 9.09. The molecule has 0 aromatic carbocycles. The maximum Gasteiger partial charge on any atom is 0.0641 e. The number of hydrogen-bond acceptors (Lipinski definition) is 1. The molecular formula is C21H36O. The highest BCUT2D eigenvalue weighted by Crippen LogP contribution is 2.14. The van der Waals surface area contributed by atoms with Gasteiger partial charge in [-0.1, -0.05) is 40.5 Å². The quantitative estimate of drug-likeness (QED) is 0.456. The summed E-state index contributed by atoms with van der Waals surface area (Å²) in [5.74, 6) is 0. The molecule has 1 N–H and O–H groups in total. The number of hydrogen-bond donors (Lipinski definition) is 1. The molecule has 0 saturated heterocycles. The summed E-state index contributed by atoms with van der Waals surface area (Å²) in [5, 5.41) is 9.09. The topological polar surface area (TPSA) is 20.2 Å². The van der Waals surface area contributed by atoms with E-state index < -0.39 is 0 Å². The Labute approximate surface area is 138 Å². The van der Waals surface area contributed by atoms with Gasteiger partial charge in [-0.2, -0.15) is 0 Å². The molecule has 0 unspecified atom stereocenters. The van der Waals surface area contributed by atoms with E-state index in [0.717, 1.165) is 37.7 Å². The predicted octanol–water partition coefficient (Wildman–Crippen LogP) is 6.51. The Balaban J connectivity index is 4.04. The van der Waals surface area contributed by atoms with E-state index in [1.807, 2.05) is 6.92 Å². The van der Waals surface area contributed by atoms with Gasteiger partial charge in [0.1, 0.15) is 0 Å². The third-order valence-electron chi connectivity index (χ3n) is 4.10. The van der Waals surface area contributed by atoms with Gasteiger partial charge >= 0.3 is 0 Å². The Hall–Kier alpha value is -1.08. The molecule has 0 aliphatic rings. The van der Waals surface area contributed by atoms with Crippen molar-refractivity contribution in [3.8, 4) is 0 Å². The van der Waals surface area contributed by atoms with E-state index in [0.29, 0.717) is 0 Å². The van der Waals surface area contributed by atoms with Crippen LogP contribution < -0.4 is 0 Å². The van der Waals surface area contributed by atoms with Crippen molar-refractivity contribution in [2.24, 2.45) is 0 Å². The van der Waals surface area contributed by atoms with Crippen LogP contribution in [0.4, 0.5) is 0 Å². The summed E-state index contributed by atoms with van der Waals surface area (Å²) in [4.78, 5) is 0. The fourth-order valence-electron chi connectivity index (χ4n) is 2.22. The van der Waals surface area contributed by atoms with E-state index in [2.05, 4.69) is 52.8 Å². The zero-order valence-corrected chi connectivity index (χ0v) is 15.6. The molecule has 0 bridgehead atoms. The van der Waals surface area contributed by atoms with Gasteiger partial charge < -0.3 is 5.11 Å². The number of allylic oxidation sites excluding steroid dienone is 7. The van der Waals surface area contributed by atoms with Gasteiger partial charge in [0, 0.05) is 0 Å². The average molecular weight is 305 g/mol. The molecule has 0 amide bonds. The van der Waals surface area contributed by atoms with Crippen molar-refractivity contribution in [1.82, 2.24) is 0 Å². The van der Waals surface area contributed by atoms with Crippen LogP contribution in [0.3, 0.4) is 0 Å². The molecular weight excluding hydrogens is 268 g/mol. The van der Waals surface area contributed by atoms with Crippen molar-refractivity contribution in [3.05, 3.63) is 46.1 Å². The van der Waals surface area contributed by atoms with Crippen LogP contribution in [0.5, 0.6) is 0 Å². The molecule has 1 nitrogen and oxygen atoms in total. The minimum atomic E-state index is 0.186. The molecule has 0 atom stereocenters. The third kappa shape index (κ3) is 11.6. The first kappa shape index (κ1) is 20.9. The monoisotopic (exact) mass is 304 g/mol. The van der Waals surface area contributed by atoms with Crippen LogP contribution in [-0.2, 0) is 0 Å². The largest absolute Gasteiger partial charge is 0.392 e.